The van der Waals surface area contributed by atoms with E-state index in [1.165, 1.54) is 0 Å². The molecule has 1 fully saturated rings. The number of likely N-dealkylation sites (N-methyl/N-ethyl adjacent to an activating group) is 1. The molecule has 0 aromatic heterocycles. The topological polar surface area (TPSA) is 41.5 Å². The Balaban J connectivity index is 2.61. The molecule has 0 spiro atoms. The highest BCUT2D eigenvalue weighted by Crippen LogP contribution is 2.27. The number of nitrogens with one attached hydrogen (secondary N) is 1. The predicted molar refractivity (Wildman–Crippen MR) is 61.9 cm³/mol. The Labute approximate surface area is 93.2 Å². The molecule has 1 heterocycles. The minimum absolute atomic E-state index is 0.00819. The largest absolute Gasteiger partial charge is 0.389 e. The van der Waals surface area contributed by atoms with Crippen molar-refractivity contribution in [3.05, 3.63) is 0 Å². The summed E-state index contributed by atoms with van der Waals surface area (Å²) < 4.78 is 5.85. The van der Waals surface area contributed by atoms with Gasteiger partial charge in [0.2, 0.25) is 0 Å². The number of hydrogen-bond donors (Lipinski definition) is 2. The first-order valence-corrected chi connectivity index (χ1v) is 6.10. The Hall–Kier alpha value is -0.120. The molecule has 1 saturated heterocycles. The van der Waals surface area contributed by atoms with Crippen molar-refractivity contribution in [1.82, 2.24) is 5.32 Å². The van der Waals surface area contributed by atoms with Gasteiger partial charge in [-0.15, -0.1) is 0 Å². The summed E-state index contributed by atoms with van der Waals surface area (Å²) in [6, 6.07) is 0.179. The highest BCUT2D eigenvalue weighted by molar-refractivity contribution is 4.90. The van der Waals surface area contributed by atoms with E-state index in [0.717, 1.165) is 19.3 Å². The normalized spacial score (nSPS) is 39.0. The van der Waals surface area contributed by atoms with Crippen molar-refractivity contribution in [2.45, 2.75) is 64.4 Å². The molecule has 1 aliphatic rings. The van der Waals surface area contributed by atoms with Gasteiger partial charge in [0.1, 0.15) is 0 Å². The monoisotopic (exact) mass is 215 g/mol. The van der Waals surface area contributed by atoms with Crippen molar-refractivity contribution in [3.63, 3.8) is 0 Å². The maximum atomic E-state index is 10.2. The van der Waals surface area contributed by atoms with E-state index in [4.69, 9.17) is 4.74 Å². The second-order valence-electron chi connectivity index (χ2n) is 4.80. The zero-order valence-electron chi connectivity index (χ0n) is 10.4. The van der Waals surface area contributed by atoms with Crippen molar-refractivity contribution in [1.29, 1.82) is 0 Å². The van der Waals surface area contributed by atoms with Crippen LogP contribution in [0.15, 0.2) is 0 Å². The predicted octanol–water partition coefficient (Wildman–Crippen LogP) is 1.55. The van der Waals surface area contributed by atoms with Crippen LogP contribution in [0.25, 0.3) is 0 Å². The van der Waals surface area contributed by atoms with Crippen molar-refractivity contribution in [3.8, 4) is 0 Å². The summed E-state index contributed by atoms with van der Waals surface area (Å²) in [6.45, 7) is 6.43. The molecule has 2 unspecified atom stereocenters. The molecule has 0 bridgehead atoms. The third-order valence-corrected chi connectivity index (χ3v) is 3.40. The van der Waals surface area contributed by atoms with Crippen molar-refractivity contribution < 1.29 is 9.84 Å². The van der Waals surface area contributed by atoms with Gasteiger partial charge in [-0.05, 0) is 32.7 Å². The molecule has 0 aromatic carbocycles. The molecule has 0 saturated carbocycles. The average Bonchev–Trinajstić information content (AvgIpc) is 2.21. The van der Waals surface area contributed by atoms with E-state index in [0.29, 0.717) is 5.92 Å². The van der Waals surface area contributed by atoms with Crippen LogP contribution in [0.2, 0.25) is 0 Å². The first-order valence-electron chi connectivity index (χ1n) is 6.10. The lowest BCUT2D eigenvalue weighted by Gasteiger charge is -2.41. The van der Waals surface area contributed by atoms with Gasteiger partial charge in [-0.25, -0.2) is 0 Å². The van der Waals surface area contributed by atoms with Crippen LogP contribution >= 0.6 is 0 Å². The van der Waals surface area contributed by atoms with Crippen LogP contribution in [-0.4, -0.2) is 36.5 Å². The maximum absolute atomic E-state index is 10.2. The molecular formula is C12H25NO2. The van der Waals surface area contributed by atoms with Gasteiger partial charge in [-0.2, -0.15) is 0 Å². The van der Waals surface area contributed by atoms with Gasteiger partial charge in [-0.1, -0.05) is 20.3 Å². The Morgan fingerprint density at radius 1 is 1.53 bits per heavy atom. The molecule has 0 aromatic rings. The van der Waals surface area contributed by atoms with Gasteiger partial charge in [0.25, 0.3) is 0 Å². The van der Waals surface area contributed by atoms with Gasteiger partial charge in [0, 0.05) is 6.04 Å². The van der Waals surface area contributed by atoms with Crippen molar-refractivity contribution in [2.24, 2.45) is 5.92 Å². The molecule has 5 atom stereocenters. The summed E-state index contributed by atoms with van der Waals surface area (Å²) in [5.74, 6) is 0.434. The summed E-state index contributed by atoms with van der Waals surface area (Å²) in [4.78, 5) is 0. The van der Waals surface area contributed by atoms with Crippen LogP contribution in [0, 0.1) is 5.92 Å². The first-order chi connectivity index (χ1) is 7.10. The van der Waals surface area contributed by atoms with E-state index in [2.05, 4.69) is 26.1 Å². The highest BCUT2D eigenvalue weighted by atomic mass is 16.5. The molecule has 90 valence electrons. The molecule has 3 heteroatoms. The maximum Gasteiger partial charge on any atom is 0.0957 e. The lowest BCUT2D eigenvalue weighted by atomic mass is 9.87. The van der Waals surface area contributed by atoms with Crippen LogP contribution in [0.5, 0.6) is 0 Å². The van der Waals surface area contributed by atoms with Gasteiger partial charge >= 0.3 is 0 Å². The SMILES string of the molecule is CCCC(C)C1O[C@H](C)C[C@H](NC)[C@H]1O. The molecule has 15 heavy (non-hydrogen) atoms. The Kier molecular flexibility index (Phi) is 5.03. The quantitative estimate of drug-likeness (QED) is 0.747. The molecule has 1 aliphatic heterocycles. The minimum atomic E-state index is -0.368. The Morgan fingerprint density at radius 3 is 2.73 bits per heavy atom. The number of aliphatic hydroxyl groups excluding tert-OH is 1. The van der Waals surface area contributed by atoms with Crippen LogP contribution in [0.1, 0.15) is 40.0 Å². The minimum Gasteiger partial charge on any atom is -0.389 e. The number of hydrogen-bond acceptors (Lipinski definition) is 3. The van der Waals surface area contributed by atoms with Crippen LogP contribution < -0.4 is 5.32 Å². The van der Waals surface area contributed by atoms with Gasteiger partial charge in [0.05, 0.1) is 18.3 Å². The highest BCUT2D eigenvalue weighted by Gasteiger charge is 2.37. The summed E-state index contributed by atoms with van der Waals surface area (Å²) >= 11 is 0. The van der Waals surface area contributed by atoms with Gasteiger partial charge < -0.3 is 15.2 Å². The van der Waals surface area contributed by atoms with E-state index in [9.17, 15) is 5.11 Å². The second kappa shape index (κ2) is 5.83. The van der Waals surface area contributed by atoms with Crippen molar-refractivity contribution >= 4 is 0 Å². The fourth-order valence-corrected chi connectivity index (χ4v) is 2.51. The summed E-state index contributed by atoms with van der Waals surface area (Å²) in [6.07, 6.45) is 3.03. The molecule has 0 radical (unpaired) electrons. The van der Waals surface area contributed by atoms with Gasteiger partial charge in [0.15, 0.2) is 0 Å². The Bertz CT molecular complexity index is 186. The summed E-state index contributed by atoms with van der Waals surface area (Å²) in [5.41, 5.74) is 0. The molecule has 2 N–H and O–H groups in total. The molecular weight excluding hydrogens is 190 g/mol. The summed E-state index contributed by atoms with van der Waals surface area (Å²) in [5, 5.41) is 13.3. The molecule has 0 aliphatic carbocycles. The Morgan fingerprint density at radius 2 is 2.20 bits per heavy atom. The van der Waals surface area contributed by atoms with E-state index >= 15 is 0 Å². The van der Waals surface area contributed by atoms with E-state index < -0.39 is 0 Å². The second-order valence-corrected chi connectivity index (χ2v) is 4.80. The molecule has 1 rings (SSSR count). The number of aliphatic hydroxyl groups is 1. The molecule has 3 nitrogen and oxygen atoms in total. The number of ether oxygens (including phenoxy) is 1. The van der Waals surface area contributed by atoms with Gasteiger partial charge in [-0.3, -0.25) is 0 Å². The third-order valence-electron chi connectivity index (χ3n) is 3.40. The van der Waals surface area contributed by atoms with E-state index in [1.807, 2.05) is 7.05 Å². The first kappa shape index (κ1) is 12.9. The van der Waals surface area contributed by atoms with Crippen molar-refractivity contribution in [2.75, 3.05) is 7.05 Å². The zero-order chi connectivity index (χ0) is 11.4. The molecule has 0 amide bonds. The zero-order valence-corrected chi connectivity index (χ0v) is 10.4. The lowest BCUT2D eigenvalue weighted by Crippen LogP contribution is -2.54. The van der Waals surface area contributed by atoms with E-state index in [1.54, 1.807) is 0 Å². The summed E-state index contributed by atoms with van der Waals surface area (Å²) in [7, 11) is 1.91. The lowest BCUT2D eigenvalue weighted by molar-refractivity contribution is -0.145. The fourth-order valence-electron chi connectivity index (χ4n) is 2.51. The van der Waals surface area contributed by atoms with Crippen LogP contribution in [0.4, 0.5) is 0 Å². The smallest absolute Gasteiger partial charge is 0.0957 e. The van der Waals surface area contributed by atoms with Crippen LogP contribution in [-0.2, 0) is 4.74 Å². The van der Waals surface area contributed by atoms with Crippen LogP contribution in [0.3, 0.4) is 0 Å². The van der Waals surface area contributed by atoms with E-state index in [-0.39, 0.29) is 24.4 Å². The average molecular weight is 215 g/mol. The standard InChI is InChI=1S/C12H25NO2/c1-5-6-8(2)12-11(14)10(13-4)7-9(3)15-12/h8-14H,5-7H2,1-4H3/t8?,9-,10+,11-,12?/m1/s1. The fraction of sp³-hybridized carbons (Fsp3) is 1.00. The third kappa shape index (κ3) is 3.16. The number of rotatable bonds is 4.